The van der Waals surface area contributed by atoms with E-state index >= 15 is 0 Å². The van der Waals surface area contributed by atoms with Crippen molar-refractivity contribution in [3.05, 3.63) is 66.5 Å². The summed E-state index contributed by atoms with van der Waals surface area (Å²) in [5.41, 5.74) is 3.09. The van der Waals surface area contributed by atoms with Crippen molar-refractivity contribution < 1.29 is 8.42 Å². The van der Waals surface area contributed by atoms with Gasteiger partial charge in [-0.3, -0.25) is 9.82 Å². The lowest BCUT2D eigenvalue weighted by molar-refractivity contribution is 0.601. The number of nitrogens with one attached hydrogen (secondary N) is 3. The van der Waals surface area contributed by atoms with Gasteiger partial charge in [-0.05, 0) is 30.8 Å². The zero-order chi connectivity index (χ0) is 17.0. The number of aromatic nitrogens is 2. The van der Waals surface area contributed by atoms with Crippen molar-refractivity contribution in [3.8, 4) is 11.1 Å². The number of aromatic amines is 1. The highest BCUT2D eigenvalue weighted by molar-refractivity contribution is 7.92. The van der Waals surface area contributed by atoms with Crippen LogP contribution in [0.4, 0.5) is 5.69 Å². The molecule has 1 heterocycles. The highest BCUT2D eigenvalue weighted by Crippen LogP contribution is 2.30. The number of hydrogen-bond acceptors (Lipinski definition) is 4. The van der Waals surface area contributed by atoms with Crippen LogP contribution < -0.4 is 10.0 Å². The molecule has 0 amide bonds. The van der Waals surface area contributed by atoms with Gasteiger partial charge in [0.2, 0.25) is 0 Å². The topological polar surface area (TPSA) is 86.9 Å². The largest absolute Gasteiger partial charge is 0.316 e. The maximum absolute atomic E-state index is 12.6. The maximum atomic E-state index is 12.6. The number of sulfonamides is 1. The lowest BCUT2D eigenvalue weighted by atomic mass is 10.0. The molecule has 0 aliphatic carbocycles. The normalized spacial score (nSPS) is 11.4. The molecule has 6 nitrogen and oxygen atoms in total. The molecule has 0 fully saturated rings. The van der Waals surface area contributed by atoms with Crippen molar-refractivity contribution in [1.29, 1.82) is 0 Å². The summed E-state index contributed by atoms with van der Waals surface area (Å²) in [5, 5.41) is 9.75. The molecule has 0 atom stereocenters. The molecule has 1 aromatic heterocycles. The van der Waals surface area contributed by atoms with Crippen LogP contribution in [0.3, 0.4) is 0 Å². The highest BCUT2D eigenvalue weighted by atomic mass is 32.2. The summed E-state index contributed by atoms with van der Waals surface area (Å²) in [5.74, 6) is 0. The molecule has 0 unspecified atom stereocenters. The minimum absolute atomic E-state index is 0.224. The van der Waals surface area contributed by atoms with Crippen molar-refractivity contribution in [3.63, 3.8) is 0 Å². The Hall–Kier alpha value is -2.64. The van der Waals surface area contributed by atoms with Crippen LogP contribution in [-0.2, 0) is 16.6 Å². The Labute approximate surface area is 141 Å². The van der Waals surface area contributed by atoms with E-state index < -0.39 is 10.0 Å². The van der Waals surface area contributed by atoms with Gasteiger partial charge in [-0.2, -0.15) is 5.10 Å². The van der Waals surface area contributed by atoms with Gasteiger partial charge in [0, 0.05) is 23.9 Å². The zero-order valence-electron chi connectivity index (χ0n) is 13.2. The molecule has 0 aliphatic heterocycles. The van der Waals surface area contributed by atoms with Gasteiger partial charge in [0.15, 0.2) is 0 Å². The van der Waals surface area contributed by atoms with Gasteiger partial charge in [0.05, 0.1) is 16.8 Å². The summed E-state index contributed by atoms with van der Waals surface area (Å²) < 4.78 is 28.0. The quantitative estimate of drug-likeness (QED) is 0.643. The predicted molar refractivity (Wildman–Crippen MR) is 94.0 cm³/mol. The molecule has 0 aliphatic rings. The highest BCUT2D eigenvalue weighted by Gasteiger charge is 2.17. The van der Waals surface area contributed by atoms with Crippen LogP contribution in [0.5, 0.6) is 0 Å². The molecule has 3 aromatic rings. The third kappa shape index (κ3) is 3.47. The fourth-order valence-corrected chi connectivity index (χ4v) is 3.53. The second kappa shape index (κ2) is 6.86. The van der Waals surface area contributed by atoms with Crippen LogP contribution in [0.2, 0.25) is 0 Å². The predicted octanol–water partition coefficient (Wildman–Crippen LogP) is 2.60. The summed E-state index contributed by atoms with van der Waals surface area (Å²) in [6.45, 7) is 0.645. The molecule has 2 aromatic carbocycles. The Morgan fingerprint density at radius 1 is 1.12 bits per heavy atom. The van der Waals surface area contributed by atoms with E-state index in [9.17, 15) is 8.42 Å². The Kier molecular flexibility index (Phi) is 4.64. The monoisotopic (exact) mass is 342 g/mol. The van der Waals surface area contributed by atoms with E-state index in [1.807, 2.05) is 25.2 Å². The average molecular weight is 342 g/mol. The smallest absolute Gasteiger partial charge is 0.261 e. The number of hydrogen-bond donors (Lipinski definition) is 3. The molecule has 24 heavy (non-hydrogen) atoms. The second-order valence-corrected chi connectivity index (χ2v) is 7.00. The molecule has 0 bridgehead atoms. The molecular formula is C17H18N4O2S. The van der Waals surface area contributed by atoms with Gasteiger partial charge in [-0.15, -0.1) is 0 Å². The van der Waals surface area contributed by atoms with Crippen LogP contribution >= 0.6 is 0 Å². The molecule has 0 saturated heterocycles. The first-order chi connectivity index (χ1) is 11.6. The van der Waals surface area contributed by atoms with E-state index in [2.05, 4.69) is 20.2 Å². The van der Waals surface area contributed by atoms with Crippen LogP contribution in [0.25, 0.3) is 11.1 Å². The minimum Gasteiger partial charge on any atom is -0.316 e. The van der Waals surface area contributed by atoms with Crippen molar-refractivity contribution in [2.24, 2.45) is 0 Å². The van der Waals surface area contributed by atoms with Gasteiger partial charge in [0.1, 0.15) is 0 Å². The molecule has 0 saturated carbocycles. The Morgan fingerprint density at radius 2 is 1.92 bits per heavy atom. The van der Waals surface area contributed by atoms with Crippen molar-refractivity contribution in [1.82, 2.24) is 15.5 Å². The Balaban J connectivity index is 2.03. The lowest BCUT2D eigenvalue weighted by Crippen LogP contribution is -2.14. The van der Waals surface area contributed by atoms with Gasteiger partial charge >= 0.3 is 0 Å². The van der Waals surface area contributed by atoms with Crippen molar-refractivity contribution in [2.45, 2.75) is 11.4 Å². The van der Waals surface area contributed by atoms with E-state index in [0.29, 0.717) is 12.2 Å². The first-order valence-corrected chi connectivity index (χ1v) is 8.93. The van der Waals surface area contributed by atoms with Gasteiger partial charge in [-0.1, -0.05) is 30.3 Å². The molecule has 0 spiro atoms. The summed E-state index contributed by atoms with van der Waals surface area (Å²) in [6, 6.07) is 14.0. The van der Waals surface area contributed by atoms with E-state index in [0.717, 1.165) is 16.7 Å². The number of rotatable bonds is 6. The summed E-state index contributed by atoms with van der Waals surface area (Å²) in [4.78, 5) is 0.224. The standard InChI is InChI=1S/C17H18N4O2S/c1-18-10-13-7-8-16(14-11-19-20-12-14)17(9-13)21-24(22,23)15-5-3-2-4-6-15/h2-9,11-12,18,21H,10H2,1H3,(H,19,20). The molecular weight excluding hydrogens is 324 g/mol. The minimum atomic E-state index is -3.66. The second-order valence-electron chi connectivity index (χ2n) is 5.32. The first-order valence-electron chi connectivity index (χ1n) is 7.45. The Morgan fingerprint density at radius 3 is 2.58 bits per heavy atom. The fourth-order valence-electron chi connectivity index (χ4n) is 2.44. The molecule has 3 rings (SSSR count). The maximum Gasteiger partial charge on any atom is 0.261 e. The van der Waals surface area contributed by atoms with E-state index in [4.69, 9.17) is 0 Å². The lowest BCUT2D eigenvalue weighted by Gasteiger charge is -2.14. The fraction of sp³-hybridized carbons (Fsp3) is 0.118. The average Bonchev–Trinajstić information content (AvgIpc) is 3.10. The van der Waals surface area contributed by atoms with E-state index in [-0.39, 0.29) is 4.90 Å². The third-order valence-corrected chi connectivity index (χ3v) is 4.95. The van der Waals surface area contributed by atoms with Crippen LogP contribution in [0.15, 0.2) is 65.8 Å². The van der Waals surface area contributed by atoms with Crippen molar-refractivity contribution in [2.75, 3.05) is 11.8 Å². The summed E-state index contributed by atoms with van der Waals surface area (Å²) in [7, 11) is -1.81. The van der Waals surface area contributed by atoms with Crippen LogP contribution in [0, 0.1) is 0 Å². The van der Waals surface area contributed by atoms with Crippen molar-refractivity contribution >= 4 is 15.7 Å². The van der Waals surface area contributed by atoms with Crippen LogP contribution in [-0.4, -0.2) is 25.7 Å². The Bertz CT molecular complexity index is 907. The van der Waals surface area contributed by atoms with Gasteiger partial charge < -0.3 is 5.32 Å². The first kappa shape index (κ1) is 16.2. The number of H-pyrrole nitrogens is 1. The molecule has 0 radical (unpaired) electrons. The molecule has 124 valence electrons. The summed E-state index contributed by atoms with van der Waals surface area (Å²) in [6.07, 6.45) is 3.39. The zero-order valence-corrected chi connectivity index (χ0v) is 14.0. The van der Waals surface area contributed by atoms with Gasteiger partial charge in [-0.25, -0.2) is 8.42 Å². The van der Waals surface area contributed by atoms with Gasteiger partial charge in [0.25, 0.3) is 10.0 Å². The number of anilines is 1. The number of nitrogens with zero attached hydrogens (tertiary/aromatic N) is 1. The summed E-state index contributed by atoms with van der Waals surface area (Å²) >= 11 is 0. The van der Waals surface area contributed by atoms with E-state index in [1.54, 1.807) is 42.7 Å². The molecule has 3 N–H and O–H groups in total. The molecule has 7 heteroatoms. The number of benzene rings is 2. The SMILES string of the molecule is CNCc1ccc(-c2cn[nH]c2)c(NS(=O)(=O)c2ccccc2)c1. The van der Waals surface area contributed by atoms with Crippen LogP contribution in [0.1, 0.15) is 5.56 Å². The third-order valence-electron chi connectivity index (χ3n) is 3.57. The van der Waals surface area contributed by atoms with E-state index in [1.165, 1.54) is 0 Å².